The number of hydrogen-bond acceptors (Lipinski definition) is 3. The van der Waals surface area contributed by atoms with Crippen LogP contribution in [0.4, 0.5) is 5.82 Å². The van der Waals surface area contributed by atoms with Gasteiger partial charge in [0.05, 0.1) is 12.7 Å². The minimum Gasteiger partial charge on any atom is -0.508 e. The number of aryl methyl sites for hydroxylation is 1. The summed E-state index contributed by atoms with van der Waals surface area (Å²) in [6.07, 6.45) is 2.16. The first kappa shape index (κ1) is 16.7. The number of anilines is 1. The van der Waals surface area contributed by atoms with Crippen LogP contribution in [-0.2, 0) is 11.3 Å². The summed E-state index contributed by atoms with van der Waals surface area (Å²) < 4.78 is 1.77. The fourth-order valence-electron chi connectivity index (χ4n) is 3.37. The third-order valence-corrected chi connectivity index (χ3v) is 5.16. The van der Waals surface area contributed by atoms with E-state index in [0.717, 1.165) is 22.3 Å². The van der Waals surface area contributed by atoms with Crippen molar-refractivity contribution in [2.75, 3.05) is 5.32 Å². The SMILES string of the molecule is Cc1cc([C@H]2CC(=O)Nc3c2cnn3Cc2ccccc2Cl)ccc1O. The normalized spacial score (nSPS) is 16.2. The van der Waals surface area contributed by atoms with Crippen LogP contribution in [0.3, 0.4) is 0 Å². The third-order valence-electron chi connectivity index (χ3n) is 4.79. The number of fused-ring (bicyclic) bond motifs is 1. The molecule has 0 unspecified atom stereocenters. The molecule has 2 aromatic carbocycles. The van der Waals surface area contributed by atoms with Gasteiger partial charge in [0.2, 0.25) is 5.91 Å². The predicted molar refractivity (Wildman–Crippen MR) is 101 cm³/mol. The van der Waals surface area contributed by atoms with E-state index in [1.54, 1.807) is 16.9 Å². The van der Waals surface area contributed by atoms with Crippen molar-refractivity contribution in [3.05, 3.63) is 75.9 Å². The number of halogens is 1. The first-order valence-electron chi connectivity index (χ1n) is 8.41. The summed E-state index contributed by atoms with van der Waals surface area (Å²) >= 11 is 6.26. The molecule has 0 spiro atoms. The number of amides is 1. The zero-order chi connectivity index (χ0) is 18.3. The Labute approximate surface area is 156 Å². The minimum absolute atomic E-state index is 0.0471. The van der Waals surface area contributed by atoms with E-state index < -0.39 is 0 Å². The van der Waals surface area contributed by atoms with Gasteiger partial charge in [0.15, 0.2) is 0 Å². The zero-order valence-corrected chi connectivity index (χ0v) is 15.0. The van der Waals surface area contributed by atoms with Crippen LogP contribution in [0.5, 0.6) is 5.75 Å². The van der Waals surface area contributed by atoms with Crippen LogP contribution in [0.1, 0.15) is 34.6 Å². The number of benzene rings is 2. The summed E-state index contributed by atoms with van der Waals surface area (Å²) in [6.45, 7) is 2.33. The van der Waals surface area contributed by atoms with E-state index in [2.05, 4.69) is 10.4 Å². The van der Waals surface area contributed by atoms with E-state index in [1.165, 1.54) is 0 Å². The lowest BCUT2D eigenvalue weighted by atomic mass is 9.86. The van der Waals surface area contributed by atoms with Crippen LogP contribution in [0.2, 0.25) is 5.02 Å². The van der Waals surface area contributed by atoms with Gasteiger partial charge in [-0.2, -0.15) is 5.10 Å². The fourth-order valence-corrected chi connectivity index (χ4v) is 3.57. The Hall–Kier alpha value is -2.79. The molecule has 1 aliphatic heterocycles. The molecule has 2 heterocycles. The average Bonchev–Trinajstić information content (AvgIpc) is 3.01. The molecule has 0 saturated heterocycles. The standard InChI is InChI=1S/C20H18ClN3O2/c1-12-8-13(6-7-18(12)25)15-9-19(26)23-20-16(15)10-22-24(20)11-14-4-2-3-5-17(14)21/h2-8,10,15,25H,9,11H2,1H3,(H,23,26)/t15-/m1/s1. The summed E-state index contributed by atoms with van der Waals surface area (Å²) in [4.78, 5) is 12.3. The lowest BCUT2D eigenvalue weighted by molar-refractivity contribution is -0.116. The van der Waals surface area contributed by atoms with E-state index in [-0.39, 0.29) is 17.6 Å². The number of carbonyl (C=O) groups is 1. The number of aromatic nitrogens is 2. The number of phenolic OH excluding ortho intramolecular Hbond substituents is 1. The van der Waals surface area contributed by atoms with Gasteiger partial charge in [0.1, 0.15) is 11.6 Å². The number of phenols is 1. The van der Waals surface area contributed by atoms with Crippen LogP contribution in [0.15, 0.2) is 48.7 Å². The number of carbonyl (C=O) groups excluding carboxylic acids is 1. The zero-order valence-electron chi connectivity index (χ0n) is 14.2. The molecular weight excluding hydrogens is 350 g/mol. The molecule has 3 aromatic rings. The van der Waals surface area contributed by atoms with Gasteiger partial charge >= 0.3 is 0 Å². The van der Waals surface area contributed by atoms with Crippen molar-refractivity contribution in [3.8, 4) is 5.75 Å². The fraction of sp³-hybridized carbons (Fsp3) is 0.200. The molecule has 26 heavy (non-hydrogen) atoms. The van der Waals surface area contributed by atoms with Gasteiger partial charge in [0.25, 0.3) is 0 Å². The first-order chi connectivity index (χ1) is 12.5. The molecule has 4 rings (SSSR count). The van der Waals surface area contributed by atoms with Gasteiger partial charge in [-0.25, -0.2) is 4.68 Å². The van der Waals surface area contributed by atoms with E-state index in [4.69, 9.17) is 11.6 Å². The summed E-state index contributed by atoms with van der Waals surface area (Å²) in [5.41, 5.74) is 3.70. The highest BCUT2D eigenvalue weighted by Crippen LogP contribution is 2.38. The van der Waals surface area contributed by atoms with Crippen molar-refractivity contribution >= 4 is 23.3 Å². The van der Waals surface area contributed by atoms with E-state index in [1.807, 2.05) is 43.3 Å². The van der Waals surface area contributed by atoms with Gasteiger partial charge in [-0.1, -0.05) is 41.9 Å². The maximum Gasteiger partial charge on any atom is 0.226 e. The summed E-state index contributed by atoms with van der Waals surface area (Å²) in [6, 6.07) is 13.1. The van der Waals surface area contributed by atoms with Crippen LogP contribution in [0, 0.1) is 6.92 Å². The number of hydrogen-bond donors (Lipinski definition) is 2. The van der Waals surface area contributed by atoms with Crippen molar-refractivity contribution in [1.82, 2.24) is 9.78 Å². The molecule has 0 bridgehead atoms. The van der Waals surface area contributed by atoms with Crippen molar-refractivity contribution in [3.63, 3.8) is 0 Å². The van der Waals surface area contributed by atoms with E-state index in [9.17, 15) is 9.90 Å². The monoisotopic (exact) mass is 367 g/mol. The Morgan fingerprint density at radius 2 is 2.12 bits per heavy atom. The topological polar surface area (TPSA) is 67.2 Å². The third kappa shape index (κ3) is 2.95. The maximum atomic E-state index is 12.3. The van der Waals surface area contributed by atoms with Crippen molar-refractivity contribution < 1.29 is 9.90 Å². The molecule has 0 saturated carbocycles. The molecule has 1 atom stereocenters. The van der Waals surface area contributed by atoms with Crippen molar-refractivity contribution in [1.29, 1.82) is 0 Å². The van der Waals surface area contributed by atoms with Crippen molar-refractivity contribution in [2.45, 2.75) is 25.8 Å². The molecule has 2 N–H and O–H groups in total. The average molecular weight is 368 g/mol. The highest BCUT2D eigenvalue weighted by molar-refractivity contribution is 6.31. The number of aromatic hydroxyl groups is 1. The van der Waals surface area contributed by atoms with Crippen LogP contribution in [0.25, 0.3) is 0 Å². The molecule has 0 fully saturated rings. The Morgan fingerprint density at radius 3 is 2.88 bits per heavy atom. The lowest BCUT2D eigenvalue weighted by Gasteiger charge is -2.24. The molecule has 1 amide bonds. The van der Waals surface area contributed by atoms with E-state index >= 15 is 0 Å². The van der Waals surface area contributed by atoms with Gasteiger partial charge in [-0.3, -0.25) is 4.79 Å². The van der Waals surface area contributed by atoms with Crippen LogP contribution in [-0.4, -0.2) is 20.8 Å². The molecule has 1 aromatic heterocycles. The van der Waals surface area contributed by atoms with Crippen LogP contribution >= 0.6 is 11.6 Å². The molecule has 0 aliphatic carbocycles. The smallest absolute Gasteiger partial charge is 0.226 e. The van der Waals surface area contributed by atoms with Gasteiger partial charge in [0, 0.05) is 22.9 Å². The highest BCUT2D eigenvalue weighted by atomic mass is 35.5. The van der Waals surface area contributed by atoms with Crippen molar-refractivity contribution in [2.24, 2.45) is 0 Å². The number of nitrogens with one attached hydrogen (secondary N) is 1. The number of rotatable bonds is 3. The minimum atomic E-state index is -0.0851. The Morgan fingerprint density at radius 1 is 1.31 bits per heavy atom. The van der Waals surface area contributed by atoms with Gasteiger partial charge < -0.3 is 10.4 Å². The Balaban J connectivity index is 1.73. The summed E-state index contributed by atoms with van der Waals surface area (Å²) in [5, 5.41) is 17.9. The highest BCUT2D eigenvalue weighted by Gasteiger charge is 2.30. The van der Waals surface area contributed by atoms with Gasteiger partial charge in [-0.05, 0) is 35.7 Å². The number of nitrogens with zero attached hydrogens (tertiary/aromatic N) is 2. The summed E-state index contributed by atoms with van der Waals surface area (Å²) in [7, 11) is 0. The second kappa shape index (κ2) is 6.50. The second-order valence-electron chi connectivity index (χ2n) is 6.55. The molecule has 1 aliphatic rings. The van der Waals surface area contributed by atoms with E-state index in [0.29, 0.717) is 23.8 Å². The predicted octanol–water partition coefficient (Wildman–Crippen LogP) is 4.07. The quantitative estimate of drug-likeness (QED) is 0.733. The molecule has 6 heteroatoms. The molecule has 5 nitrogen and oxygen atoms in total. The summed E-state index contributed by atoms with van der Waals surface area (Å²) in [5.74, 6) is 0.827. The Kier molecular flexibility index (Phi) is 4.17. The maximum absolute atomic E-state index is 12.3. The molecule has 0 radical (unpaired) electrons. The molecular formula is C20H18ClN3O2. The second-order valence-corrected chi connectivity index (χ2v) is 6.96. The largest absolute Gasteiger partial charge is 0.508 e. The van der Waals surface area contributed by atoms with Gasteiger partial charge in [-0.15, -0.1) is 0 Å². The Bertz CT molecular complexity index is 996. The first-order valence-corrected chi connectivity index (χ1v) is 8.79. The lowest BCUT2D eigenvalue weighted by Crippen LogP contribution is -2.25. The molecule has 132 valence electrons. The van der Waals surface area contributed by atoms with Crippen LogP contribution < -0.4 is 5.32 Å².